The summed E-state index contributed by atoms with van der Waals surface area (Å²) in [6.07, 6.45) is 0. The van der Waals surface area contributed by atoms with Gasteiger partial charge in [0.25, 0.3) is 0 Å². The summed E-state index contributed by atoms with van der Waals surface area (Å²) in [6, 6.07) is 14.5. The Hall–Kier alpha value is -1.74. The van der Waals surface area contributed by atoms with Crippen molar-refractivity contribution >= 4 is 23.4 Å². The lowest BCUT2D eigenvalue weighted by Gasteiger charge is -2.09. The van der Waals surface area contributed by atoms with E-state index in [2.05, 4.69) is 49.5 Å². The van der Waals surface area contributed by atoms with Crippen LogP contribution in [0.2, 0.25) is 0 Å². The van der Waals surface area contributed by atoms with E-state index in [9.17, 15) is 4.79 Å². The van der Waals surface area contributed by atoms with E-state index >= 15 is 0 Å². The van der Waals surface area contributed by atoms with Crippen LogP contribution < -0.4 is 5.32 Å². The molecule has 0 fully saturated rings. The van der Waals surface area contributed by atoms with Crippen molar-refractivity contribution in [2.24, 2.45) is 0 Å². The average molecular weight is 299 g/mol. The molecule has 0 aliphatic carbocycles. The molecule has 0 atom stereocenters. The minimum atomic E-state index is 0.0552. The second-order valence-corrected chi connectivity index (χ2v) is 6.33. The van der Waals surface area contributed by atoms with Gasteiger partial charge in [-0.1, -0.05) is 47.5 Å². The highest BCUT2D eigenvalue weighted by atomic mass is 32.2. The molecule has 0 aromatic heterocycles. The van der Waals surface area contributed by atoms with Crippen LogP contribution in [-0.4, -0.2) is 11.7 Å². The molecule has 0 radical (unpaired) electrons. The van der Waals surface area contributed by atoms with Crippen molar-refractivity contribution in [2.45, 2.75) is 26.5 Å². The predicted molar refractivity (Wildman–Crippen MR) is 91.9 cm³/mol. The first-order valence-electron chi connectivity index (χ1n) is 7.05. The summed E-state index contributed by atoms with van der Waals surface area (Å²) in [7, 11) is 0. The average Bonchev–Trinajstić information content (AvgIpc) is 2.42. The lowest BCUT2D eigenvalue weighted by atomic mass is 10.1. The number of thioether (sulfide) groups is 1. The second kappa shape index (κ2) is 7.32. The van der Waals surface area contributed by atoms with Crippen molar-refractivity contribution < 1.29 is 4.79 Å². The molecule has 2 rings (SSSR count). The molecule has 0 saturated carbocycles. The van der Waals surface area contributed by atoms with Crippen molar-refractivity contribution in [3.05, 3.63) is 64.7 Å². The van der Waals surface area contributed by atoms with Crippen molar-refractivity contribution in [2.75, 3.05) is 11.1 Å². The molecule has 1 N–H and O–H groups in total. The Morgan fingerprint density at radius 1 is 1.05 bits per heavy atom. The van der Waals surface area contributed by atoms with Crippen molar-refractivity contribution in [3.63, 3.8) is 0 Å². The van der Waals surface area contributed by atoms with Crippen LogP contribution in [0, 0.1) is 20.8 Å². The van der Waals surface area contributed by atoms with Gasteiger partial charge in [-0.2, -0.15) is 0 Å². The van der Waals surface area contributed by atoms with Crippen LogP contribution in [0.4, 0.5) is 5.69 Å². The largest absolute Gasteiger partial charge is 0.325 e. The number of aryl methyl sites for hydroxylation is 3. The first kappa shape index (κ1) is 15.6. The maximum Gasteiger partial charge on any atom is 0.234 e. The van der Waals surface area contributed by atoms with E-state index in [1.807, 2.05) is 19.1 Å². The lowest BCUT2D eigenvalue weighted by Crippen LogP contribution is -2.15. The van der Waals surface area contributed by atoms with Crippen LogP contribution in [0.1, 0.15) is 22.3 Å². The lowest BCUT2D eigenvalue weighted by molar-refractivity contribution is -0.113. The normalized spacial score (nSPS) is 10.4. The monoisotopic (exact) mass is 299 g/mol. The highest BCUT2D eigenvalue weighted by molar-refractivity contribution is 7.99. The zero-order valence-corrected chi connectivity index (χ0v) is 13.6. The Morgan fingerprint density at radius 3 is 2.52 bits per heavy atom. The molecule has 2 nitrogen and oxygen atoms in total. The van der Waals surface area contributed by atoms with Crippen LogP contribution in [0.15, 0.2) is 42.5 Å². The summed E-state index contributed by atoms with van der Waals surface area (Å²) < 4.78 is 0. The van der Waals surface area contributed by atoms with Crippen LogP contribution in [0.5, 0.6) is 0 Å². The van der Waals surface area contributed by atoms with Gasteiger partial charge >= 0.3 is 0 Å². The highest BCUT2D eigenvalue weighted by Crippen LogP contribution is 2.17. The third-order valence-electron chi connectivity index (χ3n) is 3.24. The van der Waals surface area contributed by atoms with Gasteiger partial charge in [-0.25, -0.2) is 0 Å². The molecule has 2 aromatic carbocycles. The smallest absolute Gasteiger partial charge is 0.234 e. The molecule has 21 heavy (non-hydrogen) atoms. The number of carbonyl (C=O) groups is 1. The Morgan fingerprint density at radius 2 is 1.81 bits per heavy atom. The van der Waals surface area contributed by atoms with Gasteiger partial charge in [-0.05, 0) is 38.0 Å². The molecule has 110 valence electrons. The van der Waals surface area contributed by atoms with Gasteiger partial charge in [0, 0.05) is 11.4 Å². The summed E-state index contributed by atoms with van der Waals surface area (Å²) in [5, 5.41) is 2.98. The molecule has 0 spiro atoms. The molecule has 3 heteroatoms. The van der Waals surface area contributed by atoms with E-state index in [1.165, 1.54) is 16.7 Å². The van der Waals surface area contributed by atoms with Gasteiger partial charge in [0.2, 0.25) is 5.91 Å². The number of benzene rings is 2. The number of amides is 1. The Bertz CT molecular complexity index is 637. The summed E-state index contributed by atoms with van der Waals surface area (Å²) in [6.45, 7) is 6.15. The van der Waals surface area contributed by atoms with E-state index in [0.717, 1.165) is 17.0 Å². The van der Waals surface area contributed by atoms with E-state index < -0.39 is 0 Å². The van der Waals surface area contributed by atoms with Crippen LogP contribution >= 0.6 is 11.8 Å². The fourth-order valence-electron chi connectivity index (χ4n) is 2.20. The molecule has 0 aliphatic rings. The van der Waals surface area contributed by atoms with E-state index in [4.69, 9.17) is 0 Å². The maximum atomic E-state index is 12.0. The third kappa shape index (κ3) is 4.94. The van der Waals surface area contributed by atoms with E-state index in [0.29, 0.717) is 5.75 Å². The number of nitrogens with one attached hydrogen (secondary N) is 1. The van der Waals surface area contributed by atoms with Gasteiger partial charge in [0.15, 0.2) is 0 Å². The Balaban J connectivity index is 1.82. The number of carbonyl (C=O) groups excluding carboxylic acids is 1. The molecular formula is C18H21NOS. The van der Waals surface area contributed by atoms with Crippen LogP contribution in [0.3, 0.4) is 0 Å². The molecule has 0 unspecified atom stereocenters. The highest BCUT2D eigenvalue weighted by Gasteiger charge is 2.05. The molecule has 0 bridgehead atoms. The summed E-state index contributed by atoms with van der Waals surface area (Å²) in [5.74, 6) is 1.39. The molecule has 2 aromatic rings. The summed E-state index contributed by atoms with van der Waals surface area (Å²) in [4.78, 5) is 12.0. The SMILES string of the molecule is Cc1cccc(CSCC(=O)Nc2ccc(C)cc2C)c1. The fourth-order valence-corrected chi connectivity index (χ4v) is 2.98. The number of rotatable bonds is 5. The van der Waals surface area contributed by atoms with Gasteiger partial charge in [-0.15, -0.1) is 11.8 Å². The van der Waals surface area contributed by atoms with Gasteiger partial charge < -0.3 is 5.32 Å². The van der Waals surface area contributed by atoms with Crippen molar-refractivity contribution in [1.29, 1.82) is 0 Å². The maximum absolute atomic E-state index is 12.0. The van der Waals surface area contributed by atoms with E-state index in [-0.39, 0.29) is 5.91 Å². The number of hydrogen-bond donors (Lipinski definition) is 1. The summed E-state index contributed by atoms with van der Waals surface area (Å²) >= 11 is 1.64. The molecule has 0 aliphatic heterocycles. The van der Waals surface area contributed by atoms with Crippen LogP contribution in [0.25, 0.3) is 0 Å². The molecule has 1 amide bonds. The zero-order valence-electron chi connectivity index (χ0n) is 12.8. The second-order valence-electron chi connectivity index (χ2n) is 5.35. The van der Waals surface area contributed by atoms with Gasteiger partial charge in [0.05, 0.1) is 5.75 Å². The van der Waals surface area contributed by atoms with E-state index in [1.54, 1.807) is 11.8 Å². The predicted octanol–water partition coefficient (Wildman–Crippen LogP) is 4.48. The standard InChI is InChI=1S/C18H21NOS/c1-13-5-4-6-16(10-13)11-21-12-18(20)19-17-8-7-14(2)9-15(17)3/h4-10H,11-12H2,1-3H3,(H,19,20). The zero-order chi connectivity index (χ0) is 15.2. The minimum absolute atomic E-state index is 0.0552. The Kier molecular flexibility index (Phi) is 5.45. The molecule has 0 heterocycles. The number of anilines is 1. The fraction of sp³-hybridized carbons (Fsp3) is 0.278. The van der Waals surface area contributed by atoms with Crippen molar-refractivity contribution in [3.8, 4) is 0 Å². The van der Waals surface area contributed by atoms with Crippen LogP contribution in [-0.2, 0) is 10.5 Å². The molecular weight excluding hydrogens is 278 g/mol. The molecule has 0 saturated heterocycles. The topological polar surface area (TPSA) is 29.1 Å². The van der Waals surface area contributed by atoms with Gasteiger partial charge in [0.1, 0.15) is 0 Å². The summed E-state index contributed by atoms with van der Waals surface area (Å²) in [5.41, 5.74) is 5.74. The van der Waals surface area contributed by atoms with Crippen molar-refractivity contribution in [1.82, 2.24) is 0 Å². The number of hydrogen-bond acceptors (Lipinski definition) is 2. The first-order valence-corrected chi connectivity index (χ1v) is 8.20. The first-order chi connectivity index (χ1) is 10.0. The Labute approximate surface area is 131 Å². The third-order valence-corrected chi connectivity index (χ3v) is 4.24. The quantitative estimate of drug-likeness (QED) is 0.881. The van der Waals surface area contributed by atoms with Gasteiger partial charge in [-0.3, -0.25) is 4.79 Å². The minimum Gasteiger partial charge on any atom is -0.325 e.